The van der Waals surface area contributed by atoms with Gasteiger partial charge in [-0.05, 0) is 0 Å². The van der Waals surface area contributed by atoms with E-state index in [1.165, 1.54) is 0 Å². The minimum absolute atomic E-state index is 0. The van der Waals surface area contributed by atoms with Crippen LogP contribution in [-0.4, -0.2) is 143 Å². The van der Waals surface area contributed by atoms with Crippen molar-refractivity contribution in [1.82, 2.24) is 0 Å². The Labute approximate surface area is 1450 Å². The van der Waals surface area contributed by atoms with Gasteiger partial charge in [-0.15, -0.1) is 0 Å². The number of hydrogen-bond acceptors (Lipinski definition) is 35. The summed E-state index contributed by atoms with van der Waals surface area (Å²) in [5.41, 5.74) is -14.9. The van der Waals surface area contributed by atoms with Crippen LogP contribution in [0.5, 0.6) is 0 Å². The van der Waals surface area contributed by atoms with Gasteiger partial charge in [0.15, 0.2) is 0 Å². The summed E-state index contributed by atoms with van der Waals surface area (Å²) in [6.07, 6.45) is -13.6. The predicted octanol–water partition coefficient (Wildman–Crippen LogP) is -26.4. The first kappa shape index (κ1) is 516. The Hall–Kier alpha value is 26.1. The van der Waals surface area contributed by atoms with Gasteiger partial charge in [0.2, 0.25) is 0 Å². The van der Waals surface area contributed by atoms with Crippen molar-refractivity contribution in [2.45, 2.75) is 92.2 Å². The standard InChI is InChI=1S/5C6H8O7.66Mn/c5*7-3(8)1-6(13,5(11)12)2-4(9)10;;;;;;;;;;;;;;;;;;;;;;;;;;;;;;;;;;;;;;;;;;;;;;;;;;;;;;;;;;;;;;;;;;/h5*13H,1-2H2,(H,7,8)(H,9,10)(H,11,12);;;;;;;;;;;;;;;;;;;;;;;;;;;;;;;;;;;;;;;;;;;;;;;;;;;;;;;;;;;;;;;;;;/q;;;;;66*+2/p-15. The van der Waals surface area contributed by atoms with Gasteiger partial charge in [0, 0.05) is 124 Å². The molecule has 101 heteroatoms. The number of aliphatic carboxylic acids is 15. The minimum Gasteiger partial charge on any atom is -0.550 e. The molecular formula is C30H25Mn66O35+117. The second kappa shape index (κ2) is 304. The normalized spacial score (nSPS) is 5.38. The molecule has 0 aliphatic heterocycles. The molecule has 700 valence electrons. The van der Waals surface area contributed by atoms with Gasteiger partial charge < -0.3 is 174 Å². The first-order valence-electron chi connectivity index (χ1n) is 15.6. The molecule has 0 amide bonds. The molecule has 66 radical (unpaired) electrons. The Kier molecular flexibility index (Phi) is 1200. The molecule has 0 aromatic rings. The van der Waals surface area contributed by atoms with E-state index in [9.17, 15) is 149 Å². The van der Waals surface area contributed by atoms with Crippen molar-refractivity contribution < 1.29 is 1300 Å². The third-order valence-corrected chi connectivity index (χ3v) is 6.27. The molecule has 0 aromatic carbocycles. The number of rotatable bonds is 25. The van der Waals surface area contributed by atoms with E-state index in [4.69, 9.17) is 25.5 Å². The van der Waals surface area contributed by atoms with E-state index in [-0.39, 0.29) is 1130 Å². The van der Waals surface area contributed by atoms with Crippen LogP contribution >= 0.6 is 0 Å². The van der Waals surface area contributed by atoms with Crippen LogP contribution in [0.2, 0.25) is 0 Å². The van der Waals surface area contributed by atoms with Crippen molar-refractivity contribution in [2.24, 2.45) is 0 Å². The van der Waals surface area contributed by atoms with E-state index in [1.54, 1.807) is 0 Å². The smallest absolute Gasteiger partial charge is 0.550 e. The van der Waals surface area contributed by atoms with Gasteiger partial charge in [0.1, 0.15) is 28.0 Å². The summed E-state index contributed by atoms with van der Waals surface area (Å²) in [7, 11) is 0. The molecule has 0 unspecified atom stereocenters. The van der Waals surface area contributed by atoms with Crippen LogP contribution in [0.15, 0.2) is 0 Å². The van der Waals surface area contributed by atoms with Crippen molar-refractivity contribution in [3.05, 3.63) is 0 Å². The largest absolute Gasteiger partial charge is 2.00 e. The maximum atomic E-state index is 10.1. The SMILES string of the molecule is O=C([O-])CC(O)(CC(=O)[O-])C(=O)[O-].O=C([O-])CC(O)(CC(=O)[O-])C(=O)[O-].O=C([O-])CC(O)(CC(=O)[O-])C(=O)[O-].O=C([O-])CC(O)(CC(=O)[O-])C(=O)[O-].O=C([O-])CC(O)(CC(=O)[O-])C(=O)[O-].[Mn+2].[Mn+2].[Mn+2].[Mn+2].[Mn+2].[Mn+2].[Mn+2].[Mn+2].[Mn+2].[Mn+2].[Mn+2].[Mn+2].[Mn+2].[Mn+2].[Mn+2].[Mn+2].[Mn+2].[Mn+2].[Mn+2].[Mn+2].[Mn+2].[Mn+2].[Mn+2].[Mn+2].[Mn+2].[Mn+2].[Mn+2].[Mn+2].[Mn+2].[Mn+2].[Mn+2].[Mn+2].[Mn+2].[Mn+2].[Mn+2].[Mn+2].[Mn+2].[Mn+2].[Mn+2].[Mn+2].[Mn+2].[Mn+2].[Mn+2].[Mn+2].[Mn+2].[Mn+2].[Mn+2].[Mn+2].[Mn+2].[Mn+2].[Mn+2].[Mn+2].[Mn+2].[Mn+2].[Mn+2].[Mn+2].[Mn+2].[Mn+2].[Mn+2].[Mn+2].[Mn+2].[Mn+2].[Mn+2].[Mn+2].[Mn+2].[Mn+2]. The molecule has 35 nitrogen and oxygen atoms in total. The number of carbonyl (C=O) groups excluding carboxylic acids is 15. The predicted molar refractivity (Wildman–Crippen MR) is 146 cm³/mol. The van der Waals surface area contributed by atoms with Gasteiger partial charge in [-0.1, -0.05) is 0 Å². The van der Waals surface area contributed by atoms with Crippen LogP contribution in [0.4, 0.5) is 0 Å². The van der Waals surface area contributed by atoms with Crippen LogP contribution in [0.1, 0.15) is 64.2 Å². The van der Waals surface area contributed by atoms with E-state index < -0.39 is 182 Å². The monoisotopic (exact) mass is 4570 g/mol. The van der Waals surface area contributed by atoms with Crippen LogP contribution in [0.25, 0.3) is 0 Å². The Morgan fingerprint density at radius 1 is 0.107 bits per heavy atom. The van der Waals surface area contributed by atoms with E-state index in [1.807, 2.05) is 0 Å². The van der Waals surface area contributed by atoms with Gasteiger partial charge in [0.25, 0.3) is 0 Å². The second-order valence-electron chi connectivity index (χ2n) is 12.1. The summed E-state index contributed by atoms with van der Waals surface area (Å²) in [6.45, 7) is 0. The van der Waals surface area contributed by atoms with Gasteiger partial charge in [-0.3, -0.25) is 0 Å². The van der Waals surface area contributed by atoms with Crippen LogP contribution < -0.4 is 76.6 Å². The number of carboxylic acid groups (broad SMARTS) is 15. The zero-order valence-corrected chi connectivity index (χ0v) is 134. The molecule has 5 N–H and O–H groups in total. The zero-order valence-electron chi connectivity index (χ0n) is 56.5. The quantitative estimate of drug-likeness (QED) is 0.0530. The van der Waals surface area contributed by atoms with Gasteiger partial charge in [-0.25, -0.2) is 0 Å². The summed E-state index contributed by atoms with van der Waals surface area (Å²) in [4.78, 5) is 150. The maximum Gasteiger partial charge on any atom is 2.00 e. The van der Waals surface area contributed by atoms with E-state index in [0.717, 1.165) is 0 Å². The Morgan fingerprint density at radius 3 is 0.153 bits per heavy atom. The fraction of sp³-hybridized carbons (Fsp3) is 0.500. The van der Waals surface area contributed by atoms with Crippen molar-refractivity contribution in [3.8, 4) is 0 Å². The molecule has 131 heavy (non-hydrogen) atoms. The summed E-state index contributed by atoms with van der Waals surface area (Å²) in [6, 6.07) is 0. The fourth-order valence-electron chi connectivity index (χ4n) is 3.42. The molecule has 0 fully saturated rings. The Morgan fingerprint density at radius 2 is 0.137 bits per heavy atom. The van der Waals surface area contributed by atoms with Crippen LogP contribution in [-0.2, 0) is 1200 Å². The third kappa shape index (κ3) is 329. The molecule has 0 aliphatic rings. The molecule has 0 spiro atoms. The van der Waals surface area contributed by atoms with Crippen molar-refractivity contribution >= 4 is 89.5 Å². The molecule has 0 rings (SSSR count). The van der Waals surface area contributed by atoms with E-state index in [0.29, 0.717) is 0 Å². The summed E-state index contributed by atoms with van der Waals surface area (Å²) in [5.74, 6) is -29.9. The Balaban J connectivity index is -0.00000000442. The fourth-order valence-corrected chi connectivity index (χ4v) is 3.42. The summed E-state index contributed by atoms with van der Waals surface area (Å²) < 4.78 is 0. The molecule has 0 saturated carbocycles. The molecule has 0 aromatic heterocycles. The average Bonchev–Trinajstić information content (AvgIpc) is 3.01. The molecule has 0 aliphatic carbocycles. The number of carbonyl (C=O) groups is 15. The zero-order chi connectivity index (χ0) is 53.2. The second-order valence-corrected chi connectivity index (χ2v) is 12.1. The number of hydrogen-bond donors (Lipinski definition) is 5. The summed E-state index contributed by atoms with van der Waals surface area (Å²) >= 11 is 0. The van der Waals surface area contributed by atoms with Gasteiger partial charge in [-0.2, -0.15) is 0 Å². The number of carboxylic acids is 15. The van der Waals surface area contributed by atoms with Crippen LogP contribution in [0.3, 0.4) is 0 Å². The average molecular weight is 4570 g/mol. The minimum atomic E-state index is -2.97. The topological polar surface area (TPSA) is 703 Å². The van der Waals surface area contributed by atoms with Gasteiger partial charge >= 0.3 is 1130 Å². The summed E-state index contributed by atoms with van der Waals surface area (Å²) in [5, 5.41) is 195. The third-order valence-electron chi connectivity index (χ3n) is 6.27. The molecular weight excluding hydrogens is 4550 g/mol. The Bertz CT molecular complexity index is 1570. The van der Waals surface area contributed by atoms with Crippen molar-refractivity contribution in [1.29, 1.82) is 0 Å². The van der Waals surface area contributed by atoms with E-state index in [2.05, 4.69) is 0 Å². The number of aliphatic hydroxyl groups is 5. The van der Waals surface area contributed by atoms with E-state index >= 15 is 0 Å². The maximum absolute atomic E-state index is 10.1. The van der Waals surface area contributed by atoms with Crippen molar-refractivity contribution in [3.63, 3.8) is 0 Å². The van der Waals surface area contributed by atoms with Crippen LogP contribution in [0, 0.1) is 0 Å². The van der Waals surface area contributed by atoms with Crippen molar-refractivity contribution in [2.75, 3.05) is 0 Å². The first-order valence-corrected chi connectivity index (χ1v) is 15.6. The molecule has 0 atom stereocenters. The molecule has 0 saturated heterocycles. The molecule has 0 heterocycles. The van der Waals surface area contributed by atoms with Gasteiger partial charge in [0.05, 0.1) is 29.8 Å². The first-order chi connectivity index (χ1) is 28.9. The molecule has 0 bridgehead atoms.